The van der Waals surface area contributed by atoms with E-state index in [0.717, 1.165) is 11.3 Å². The van der Waals surface area contributed by atoms with Crippen molar-refractivity contribution in [1.29, 1.82) is 0 Å². The van der Waals surface area contributed by atoms with E-state index in [2.05, 4.69) is 36.0 Å². The Hall–Kier alpha value is -4.01. The Kier molecular flexibility index (Phi) is 5.28. The molecule has 4 aromatic rings. The summed E-state index contributed by atoms with van der Waals surface area (Å²) in [6, 6.07) is 12.4. The third-order valence-electron chi connectivity index (χ3n) is 4.30. The lowest BCUT2D eigenvalue weighted by molar-refractivity contribution is 0.0938. The van der Waals surface area contributed by atoms with Crippen LogP contribution < -0.4 is 10.6 Å². The number of hydrogen-bond donors (Lipinski definition) is 3. The summed E-state index contributed by atoms with van der Waals surface area (Å²) in [4.78, 5) is 21.0. The third-order valence-corrected chi connectivity index (χ3v) is 4.30. The zero-order valence-corrected chi connectivity index (χ0v) is 15.7. The molecule has 3 heterocycles. The number of benzene rings is 1. The van der Waals surface area contributed by atoms with E-state index in [-0.39, 0.29) is 11.9 Å². The molecule has 0 saturated heterocycles. The van der Waals surface area contributed by atoms with Gasteiger partial charge in [-0.1, -0.05) is 11.2 Å². The minimum absolute atomic E-state index is 0.191. The number of nitrogens with one attached hydrogen (secondary N) is 3. The van der Waals surface area contributed by atoms with E-state index in [4.69, 9.17) is 4.52 Å². The maximum Gasteiger partial charge on any atom is 0.251 e. The van der Waals surface area contributed by atoms with Crippen LogP contribution in [-0.2, 0) is 6.54 Å². The Bertz CT molecular complexity index is 1080. The average molecular weight is 389 g/mol. The van der Waals surface area contributed by atoms with Crippen LogP contribution in [0.4, 0.5) is 5.69 Å². The maximum atomic E-state index is 12.5. The van der Waals surface area contributed by atoms with Crippen molar-refractivity contribution in [2.75, 3.05) is 5.32 Å². The number of aromatic amines is 1. The molecule has 29 heavy (non-hydrogen) atoms. The van der Waals surface area contributed by atoms with Gasteiger partial charge < -0.3 is 15.2 Å². The molecule has 9 heteroatoms. The molecule has 3 N–H and O–H groups in total. The topological polar surface area (TPSA) is 122 Å². The molecular formula is C20H19N7O2. The summed E-state index contributed by atoms with van der Waals surface area (Å²) in [6.07, 6.45) is 4.87. The van der Waals surface area contributed by atoms with E-state index in [0.29, 0.717) is 29.5 Å². The molecule has 3 aromatic heterocycles. The van der Waals surface area contributed by atoms with Gasteiger partial charge >= 0.3 is 0 Å². The van der Waals surface area contributed by atoms with Gasteiger partial charge in [-0.15, -0.1) is 0 Å². The number of pyridine rings is 1. The van der Waals surface area contributed by atoms with Gasteiger partial charge in [-0.3, -0.25) is 14.9 Å². The van der Waals surface area contributed by atoms with Crippen LogP contribution in [0.1, 0.15) is 34.8 Å². The van der Waals surface area contributed by atoms with E-state index in [1.165, 1.54) is 6.26 Å². The predicted octanol–water partition coefficient (Wildman–Crippen LogP) is 2.96. The zero-order chi connectivity index (χ0) is 20.1. The standard InChI is InChI=1S/C20H19N7O2/c1-13(17-7-10-29-27-17)23-20(28)15-3-2-4-16(11-15)22-12-18-24-19(26-25-18)14-5-8-21-9-6-14/h2-11,13,22H,12H2,1H3,(H,23,28)(H,24,25,26). The van der Waals surface area contributed by atoms with Crippen LogP contribution in [0, 0.1) is 0 Å². The van der Waals surface area contributed by atoms with Crippen LogP contribution in [0.25, 0.3) is 11.4 Å². The van der Waals surface area contributed by atoms with Crippen molar-refractivity contribution in [1.82, 2.24) is 30.6 Å². The summed E-state index contributed by atoms with van der Waals surface area (Å²) in [5.41, 5.74) is 2.90. The summed E-state index contributed by atoms with van der Waals surface area (Å²) in [6.45, 7) is 2.29. The molecule has 0 aliphatic heterocycles. The van der Waals surface area contributed by atoms with Crippen molar-refractivity contribution >= 4 is 11.6 Å². The van der Waals surface area contributed by atoms with Crippen LogP contribution in [0.15, 0.2) is 65.6 Å². The fourth-order valence-corrected chi connectivity index (χ4v) is 2.76. The molecule has 1 amide bonds. The highest BCUT2D eigenvalue weighted by Crippen LogP contribution is 2.16. The van der Waals surface area contributed by atoms with E-state index < -0.39 is 0 Å². The molecule has 146 valence electrons. The number of carbonyl (C=O) groups excluding carboxylic acids is 1. The Morgan fingerprint density at radius 1 is 1.21 bits per heavy atom. The van der Waals surface area contributed by atoms with E-state index in [1.807, 2.05) is 31.2 Å². The van der Waals surface area contributed by atoms with Crippen LogP contribution in [0.5, 0.6) is 0 Å². The van der Waals surface area contributed by atoms with Crippen molar-refractivity contribution in [2.45, 2.75) is 19.5 Å². The lowest BCUT2D eigenvalue weighted by Gasteiger charge is -2.12. The van der Waals surface area contributed by atoms with Gasteiger partial charge in [0.15, 0.2) is 5.82 Å². The van der Waals surface area contributed by atoms with Crippen molar-refractivity contribution in [3.8, 4) is 11.4 Å². The van der Waals surface area contributed by atoms with Gasteiger partial charge in [-0.2, -0.15) is 5.10 Å². The Balaban J connectivity index is 1.38. The highest BCUT2D eigenvalue weighted by molar-refractivity contribution is 5.95. The molecule has 1 unspecified atom stereocenters. The van der Waals surface area contributed by atoms with Crippen LogP contribution in [-0.4, -0.2) is 31.2 Å². The van der Waals surface area contributed by atoms with Gasteiger partial charge in [-0.25, -0.2) is 4.98 Å². The number of rotatable bonds is 7. The Morgan fingerprint density at radius 3 is 2.86 bits per heavy atom. The minimum Gasteiger partial charge on any atom is -0.378 e. The van der Waals surface area contributed by atoms with Crippen molar-refractivity contribution in [3.63, 3.8) is 0 Å². The smallest absolute Gasteiger partial charge is 0.251 e. The second kappa shape index (κ2) is 8.34. The monoisotopic (exact) mass is 389 g/mol. The molecule has 0 saturated carbocycles. The highest BCUT2D eigenvalue weighted by atomic mass is 16.5. The first kappa shape index (κ1) is 18.4. The van der Waals surface area contributed by atoms with Gasteiger partial charge in [0.05, 0.1) is 12.6 Å². The number of anilines is 1. The molecule has 1 atom stereocenters. The highest BCUT2D eigenvalue weighted by Gasteiger charge is 2.14. The van der Waals surface area contributed by atoms with E-state index in [9.17, 15) is 4.79 Å². The van der Waals surface area contributed by atoms with Crippen LogP contribution in [0.3, 0.4) is 0 Å². The van der Waals surface area contributed by atoms with Gasteiger partial charge in [0, 0.05) is 35.3 Å². The first-order valence-corrected chi connectivity index (χ1v) is 9.06. The summed E-state index contributed by atoms with van der Waals surface area (Å²) < 4.78 is 4.82. The van der Waals surface area contributed by atoms with Gasteiger partial charge in [-0.05, 0) is 37.3 Å². The largest absolute Gasteiger partial charge is 0.378 e. The number of aromatic nitrogens is 5. The molecular weight excluding hydrogens is 370 g/mol. The first-order chi connectivity index (χ1) is 14.2. The van der Waals surface area contributed by atoms with E-state index >= 15 is 0 Å². The quantitative estimate of drug-likeness (QED) is 0.444. The summed E-state index contributed by atoms with van der Waals surface area (Å²) in [5.74, 6) is 1.11. The fourth-order valence-electron chi connectivity index (χ4n) is 2.76. The molecule has 0 fully saturated rings. The number of H-pyrrole nitrogens is 1. The minimum atomic E-state index is -0.251. The lowest BCUT2D eigenvalue weighted by Crippen LogP contribution is -2.26. The number of carbonyl (C=O) groups is 1. The van der Waals surface area contributed by atoms with Crippen molar-refractivity contribution in [2.24, 2.45) is 0 Å². The maximum absolute atomic E-state index is 12.5. The number of nitrogens with zero attached hydrogens (tertiary/aromatic N) is 4. The van der Waals surface area contributed by atoms with Crippen molar-refractivity contribution in [3.05, 3.63) is 78.2 Å². The van der Waals surface area contributed by atoms with Crippen LogP contribution in [0.2, 0.25) is 0 Å². The normalized spacial score (nSPS) is 11.8. The number of amides is 1. The third kappa shape index (κ3) is 4.46. The lowest BCUT2D eigenvalue weighted by atomic mass is 10.1. The molecule has 4 rings (SSSR count). The summed E-state index contributed by atoms with van der Waals surface area (Å²) >= 11 is 0. The number of hydrogen-bond acceptors (Lipinski definition) is 7. The Labute approximate surface area is 166 Å². The summed E-state index contributed by atoms with van der Waals surface area (Å²) in [7, 11) is 0. The first-order valence-electron chi connectivity index (χ1n) is 9.06. The Morgan fingerprint density at radius 2 is 2.07 bits per heavy atom. The molecule has 1 aromatic carbocycles. The molecule has 0 aliphatic rings. The molecule has 9 nitrogen and oxygen atoms in total. The average Bonchev–Trinajstić information content (AvgIpc) is 3.45. The van der Waals surface area contributed by atoms with Gasteiger partial charge in [0.2, 0.25) is 0 Å². The molecule has 0 aliphatic carbocycles. The SMILES string of the molecule is CC(NC(=O)c1cccc(NCc2nc(-c3ccncc3)n[nH]2)c1)c1ccon1. The van der Waals surface area contributed by atoms with E-state index in [1.54, 1.807) is 30.6 Å². The molecule has 0 spiro atoms. The second-order valence-corrected chi connectivity index (χ2v) is 6.40. The van der Waals surface area contributed by atoms with Crippen LogP contribution >= 0.6 is 0 Å². The fraction of sp³-hybridized carbons (Fsp3) is 0.150. The zero-order valence-electron chi connectivity index (χ0n) is 15.7. The molecule has 0 bridgehead atoms. The van der Waals surface area contributed by atoms with Crippen molar-refractivity contribution < 1.29 is 9.32 Å². The molecule has 0 radical (unpaired) electrons. The van der Waals surface area contributed by atoms with Gasteiger partial charge in [0.25, 0.3) is 5.91 Å². The predicted molar refractivity (Wildman–Crippen MR) is 106 cm³/mol. The summed E-state index contributed by atoms with van der Waals surface area (Å²) in [5, 5.41) is 17.1. The second-order valence-electron chi connectivity index (χ2n) is 6.40. The van der Waals surface area contributed by atoms with Gasteiger partial charge in [0.1, 0.15) is 17.8 Å².